The van der Waals surface area contributed by atoms with Gasteiger partial charge in [-0.25, -0.2) is 9.59 Å². The molecule has 0 radical (unpaired) electrons. The second kappa shape index (κ2) is 7.24. The molecule has 2 rings (SSSR count). The van der Waals surface area contributed by atoms with Crippen LogP contribution in [0.2, 0.25) is 0 Å². The van der Waals surface area contributed by atoms with Gasteiger partial charge in [-0.3, -0.25) is 9.78 Å². The minimum Gasteiger partial charge on any atom is -0.479 e. The maximum absolute atomic E-state index is 12.0. The largest absolute Gasteiger partial charge is 0.479 e. The highest BCUT2D eigenvalue weighted by Gasteiger charge is 2.46. The Morgan fingerprint density at radius 2 is 1.73 bits per heavy atom. The van der Waals surface area contributed by atoms with E-state index in [0.29, 0.717) is 6.20 Å². The first-order valence-electron chi connectivity index (χ1n) is 5.73. The third kappa shape index (κ3) is 4.19. The topological polar surface area (TPSA) is 193 Å². The molecule has 0 saturated carbocycles. The van der Waals surface area contributed by atoms with Gasteiger partial charge in [-0.1, -0.05) is 0 Å². The fraction of sp³-hybridized carbons (Fsp3) is 0.500. The van der Waals surface area contributed by atoms with Crippen LogP contribution in [0.3, 0.4) is 0 Å². The molecule has 22 heavy (non-hydrogen) atoms. The van der Waals surface area contributed by atoms with Gasteiger partial charge >= 0.3 is 11.7 Å². The standard InChI is InChI=1S/C6H10O7.C4H3FN2O2/c7-1-2(8)4(5(10)11)13-6(12)3(1)9;5-2-1-6-4(9)7-3(2)8/h1-4,6-9,12H,(H,10,11);1H,(H2,6,7,8,9)/t1-,2-,3+,4-,6?;/m0./s1. The van der Waals surface area contributed by atoms with E-state index in [1.807, 2.05) is 4.98 Å². The first-order chi connectivity index (χ1) is 10.1. The second-order valence-electron chi connectivity index (χ2n) is 4.18. The predicted octanol–water partition coefficient (Wildman–Crippen LogP) is -3.93. The number of aromatic amines is 2. The summed E-state index contributed by atoms with van der Waals surface area (Å²) >= 11 is 0. The molecule has 1 saturated heterocycles. The van der Waals surface area contributed by atoms with Crippen LogP contribution in [0.4, 0.5) is 4.39 Å². The zero-order valence-corrected chi connectivity index (χ0v) is 10.7. The van der Waals surface area contributed by atoms with Crippen molar-refractivity contribution in [3.63, 3.8) is 0 Å². The molecule has 0 aromatic carbocycles. The summed E-state index contributed by atoms with van der Waals surface area (Å²) in [6.45, 7) is 0. The van der Waals surface area contributed by atoms with E-state index >= 15 is 0 Å². The van der Waals surface area contributed by atoms with Crippen molar-refractivity contribution in [3.05, 3.63) is 32.9 Å². The summed E-state index contributed by atoms with van der Waals surface area (Å²) in [5.74, 6) is -2.51. The Bertz CT molecular complexity index is 629. The van der Waals surface area contributed by atoms with Crippen LogP contribution in [0.5, 0.6) is 0 Å². The fourth-order valence-corrected chi connectivity index (χ4v) is 1.46. The van der Waals surface area contributed by atoms with Crippen LogP contribution in [0.15, 0.2) is 15.8 Å². The molecule has 5 atom stereocenters. The smallest absolute Gasteiger partial charge is 0.335 e. The van der Waals surface area contributed by atoms with E-state index in [4.69, 9.17) is 25.5 Å². The summed E-state index contributed by atoms with van der Waals surface area (Å²) in [7, 11) is 0. The molecule has 1 aromatic rings. The summed E-state index contributed by atoms with van der Waals surface area (Å²) in [5, 5.41) is 44.4. The molecule has 2 heterocycles. The minimum atomic E-state index is -1.81. The first kappa shape index (κ1) is 17.9. The van der Waals surface area contributed by atoms with Crippen LogP contribution in [-0.4, -0.2) is 72.2 Å². The monoisotopic (exact) mass is 324 g/mol. The van der Waals surface area contributed by atoms with Gasteiger partial charge in [0.1, 0.15) is 18.3 Å². The number of hydrogen-bond donors (Lipinski definition) is 7. The fourth-order valence-electron chi connectivity index (χ4n) is 1.46. The molecule has 124 valence electrons. The van der Waals surface area contributed by atoms with Crippen LogP contribution in [0, 0.1) is 5.82 Å². The van der Waals surface area contributed by atoms with Crippen LogP contribution < -0.4 is 11.2 Å². The molecule has 1 aromatic heterocycles. The average Bonchev–Trinajstić information content (AvgIpc) is 2.45. The number of aliphatic hydroxyl groups excluding tert-OH is 4. The molecule has 0 aliphatic carbocycles. The molecule has 1 unspecified atom stereocenters. The molecule has 1 fully saturated rings. The van der Waals surface area contributed by atoms with Gasteiger partial charge in [0.15, 0.2) is 12.4 Å². The summed E-state index contributed by atoms with van der Waals surface area (Å²) in [5.41, 5.74) is -1.71. The Labute approximate surface area is 120 Å². The van der Waals surface area contributed by atoms with Gasteiger partial charge in [0.2, 0.25) is 5.82 Å². The van der Waals surface area contributed by atoms with Gasteiger partial charge in [-0.15, -0.1) is 0 Å². The van der Waals surface area contributed by atoms with Crippen LogP contribution in [0.25, 0.3) is 0 Å². The molecule has 0 spiro atoms. The number of carboxylic acid groups (broad SMARTS) is 1. The maximum atomic E-state index is 12.0. The highest BCUT2D eigenvalue weighted by molar-refractivity contribution is 5.73. The van der Waals surface area contributed by atoms with Crippen molar-refractivity contribution >= 4 is 5.97 Å². The number of aliphatic hydroxyl groups is 4. The van der Waals surface area contributed by atoms with Gasteiger partial charge in [0.25, 0.3) is 5.56 Å². The summed E-state index contributed by atoms with van der Waals surface area (Å²) in [6.07, 6.45) is -8.01. The number of H-pyrrole nitrogens is 2. The van der Waals surface area contributed by atoms with Crippen LogP contribution in [-0.2, 0) is 9.53 Å². The predicted molar refractivity (Wildman–Crippen MR) is 64.2 cm³/mol. The Kier molecular flexibility index (Phi) is 5.90. The van der Waals surface area contributed by atoms with Crippen molar-refractivity contribution in [3.8, 4) is 0 Å². The number of rotatable bonds is 1. The quantitative estimate of drug-likeness (QED) is 0.270. The zero-order chi connectivity index (χ0) is 17.0. The molecule has 7 N–H and O–H groups in total. The van der Waals surface area contributed by atoms with E-state index in [2.05, 4.69) is 4.74 Å². The van der Waals surface area contributed by atoms with Crippen molar-refractivity contribution in [2.24, 2.45) is 0 Å². The zero-order valence-electron chi connectivity index (χ0n) is 10.7. The van der Waals surface area contributed by atoms with Gasteiger partial charge in [-0.2, -0.15) is 4.39 Å². The van der Waals surface area contributed by atoms with Crippen molar-refractivity contribution < 1.29 is 39.5 Å². The average molecular weight is 324 g/mol. The Hall–Kier alpha value is -2.12. The number of carbonyl (C=O) groups is 1. The van der Waals surface area contributed by atoms with Crippen molar-refractivity contribution in [1.29, 1.82) is 0 Å². The lowest BCUT2D eigenvalue weighted by molar-refractivity contribution is -0.279. The van der Waals surface area contributed by atoms with E-state index in [-0.39, 0.29) is 0 Å². The second-order valence-corrected chi connectivity index (χ2v) is 4.18. The first-order valence-corrected chi connectivity index (χ1v) is 5.73. The van der Waals surface area contributed by atoms with Crippen molar-refractivity contribution in [2.75, 3.05) is 0 Å². The molecular formula is C10H13FN2O9. The summed E-state index contributed by atoms with van der Waals surface area (Å²) < 4.78 is 16.3. The molecule has 0 amide bonds. The number of carboxylic acids is 1. The van der Waals surface area contributed by atoms with Gasteiger partial charge in [0, 0.05) is 6.20 Å². The Morgan fingerprint density at radius 1 is 1.14 bits per heavy atom. The van der Waals surface area contributed by atoms with Crippen LogP contribution in [0.1, 0.15) is 0 Å². The van der Waals surface area contributed by atoms with Gasteiger partial charge in [0.05, 0.1) is 0 Å². The minimum absolute atomic E-state index is 0.707. The van der Waals surface area contributed by atoms with E-state index in [1.165, 1.54) is 0 Å². The third-order valence-electron chi connectivity index (χ3n) is 2.61. The third-order valence-corrected chi connectivity index (χ3v) is 2.61. The van der Waals surface area contributed by atoms with E-state index in [0.717, 1.165) is 0 Å². The van der Waals surface area contributed by atoms with Gasteiger partial charge in [-0.05, 0) is 0 Å². The summed E-state index contributed by atoms with van der Waals surface area (Å²) in [4.78, 5) is 34.4. The molecule has 1 aliphatic heterocycles. The number of hydrogen-bond acceptors (Lipinski definition) is 8. The van der Waals surface area contributed by atoms with Crippen molar-refractivity contribution in [1.82, 2.24) is 9.97 Å². The lowest BCUT2D eigenvalue weighted by Gasteiger charge is -2.36. The molecule has 12 heteroatoms. The Morgan fingerprint density at radius 3 is 2.18 bits per heavy atom. The number of aliphatic carboxylic acids is 1. The number of ether oxygens (including phenoxy) is 1. The van der Waals surface area contributed by atoms with Crippen molar-refractivity contribution in [2.45, 2.75) is 30.7 Å². The molecule has 0 bridgehead atoms. The highest BCUT2D eigenvalue weighted by atomic mass is 19.1. The van der Waals surface area contributed by atoms with Gasteiger partial charge < -0.3 is 35.3 Å². The summed E-state index contributed by atoms with van der Waals surface area (Å²) in [6, 6.07) is 0. The lowest BCUT2D eigenvalue weighted by atomic mass is 9.99. The highest BCUT2D eigenvalue weighted by Crippen LogP contribution is 2.19. The van der Waals surface area contributed by atoms with E-state index < -0.39 is 53.7 Å². The number of aromatic nitrogens is 2. The lowest BCUT2D eigenvalue weighted by Crippen LogP contribution is -2.59. The SMILES string of the molecule is O=C(O)[C@H]1OC(O)[C@H](O)[C@@H](O)[C@@H]1O.O=c1[nH]cc(F)c(=O)[nH]1. The Balaban J connectivity index is 0.000000235. The van der Waals surface area contributed by atoms with Crippen LogP contribution >= 0.6 is 0 Å². The number of nitrogens with one attached hydrogen (secondary N) is 2. The molecule has 1 aliphatic rings. The van der Waals surface area contributed by atoms with E-state index in [9.17, 15) is 18.8 Å². The van der Waals surface area contributed by atoms with E-state index in [1.54, 1.807) is 4.98 Å². The molecular weight excluding hydrogens is 311 g/mol. The maximum Gasteiger partial charge on any atom is 0.335 e. The molecule has 11 nitrogen and oxygen atoms in total. The number of halogens is 1. The normalized spacial score (nSPS) is 31.0.